The molecule has 4 nitrogen and oxygen atoms in total. The lowest BCUT2D eigenvalue weighted by molar-refractivity contribution is 0.0703. The first-order valence-electron chi connectivity index (χ1n) is 9.45. The largest absolute Gasteiger partial charge is 0.327 e. The summed E-state index contributed by atoms with van der Waals surface area (Å²) >= 11 is 0. The Labute approximate surface area is 162 Å². The minimum atomic E-state index is -0.898. The van der Waals surface area contributed by atoms with Gasteiger partial charge in [-0.05, 0) is 43.2 Å². The van der Waals surface area contributed by atoms with Gasteiger partial charge in [0.1, 0.15) is 0 Å². The van der Waals surface area contributed by atoms with Gasteiger partial charge in [0.15, 0.2) is 11.6 Å². The van der Waals surface area contributed by atoms with Gasteiger partial charge in [0.2, 0.25) is 0 Å². The summed E-state index contributed by atoms with van der Waals surface area (Å²) in [6, 6.07) is 11.6. The normalized spacial score (nSPS) is 15.9. The molecule has 0 fully saturated rings. The Morgan fingerprint density at radius 3 is 2.68 bits per heavy atom. The second-order valence-electron chi connectivity index (χ2n) is 6.90. The van der Waals surface area contributed by atoms with Crippen molar-refractivity contribution in [3.05, 3.63) is 77.0 Å². The van der Waals surface area contributed by atoms with Gasteiger partial charge >= 0.3 is 0 Å². The van der Waals surface area contributed by atoms with Gasteiger partial charge < -0.3 is 4.90 Å². The molecule has 0 radical (unpaired) electrons. The molecule has 1 aliphatic rings. The van der Waals surface area contributed by atoms with Gasteiger partial charge in [0, 0.05) is 36.0 Å². The third-order valence-corrected chi connectivity index (χ3v) is 5.35. The van der Waals surface area contributed by atoms with Crippen LogP contribution in [0.25, 0.3) is 11.3 Å². The molecule has 0 spiro atoms. The number of carbonyl (C=O) groups is 1. The van der Waals surface area contributed by atoms with Gasteiger partial charge in [0.25, 0.3) is 5.91 Å². The van der Waals surface area contributed by atoms with Crippen LogP contribution in [0.5, 0.6) is 0 Å². The topological polar surface area (TPSA) is 38.1 Å². The van der Waals surface area contributed by atoms with Gasteiger partial charge in [0.05, 0.1) is 11.7 Å². The monoisotopic (exact) mass is 381 g/mol. The molecule has 1 amide bonds. The summed E-state index contributed by atoms with van der Waals surface area (Å²) in [7, 11) is 0. The Morgan fingerprint density at radius 1 is 1.11 bits per heavy atom. The summed E-state index contributed by atoms with van der Waals surface area (Å²) in [4.78, 5) is 14.6. The summed E-state index contributed by atoms with van der Waals surface area (Å²) in [6.45, 7) is 4.81. The number of benzene rings is 2. The number of amides is 1. The third kappa shape index (κ3) is 2.89. The van der Waals surface area contributed by atoms with Crippen molar-refractivity contribution in [1.82, 2.24) is 14.7 Å². The van der Waals surface area contributed by atoms with Crippen molar-refractivity contribution in [2.24, 2.45) is 0 Å². The zero-order chi connectivity index (χ0) is 19.8. The van der Waals surface area contributed by atoms with E-state index in [1.165, 1.54) is 12.1 Å². The van der Waals surface area contributed by atoms with E-state index >= 15 is 0 Å². The van der Waals surface area contributed by atoms with Crippen LogP contribution in [0.4, 0.5) is 8.78 Å². The van der Waals surface area contributed by atoms with E-state index in [9.17, 15) is 13.6 Å². The molecule has 1 aliphatic heterocycles. The first-order chi connectivity index (χ1) is 13.5. The number of rotatable bonds is 5. The van der Waals surface area contributed by atoms with E-state index in [1.54, 1.807) is 11.1 Å². The van der Waals surface area contributed by atoms with E-state index in [4.69, 9.17) is 0 Å². The minimum Gasteiger partial charge on any atom is -0.327 e. The van der Waals surface area contributed by atoms with Crippen LogP contribution < -0.4 is 0 Å². The maximum Gasteiger partial charge on any atom is 0.255 e. The minimum absolute atomic E-state index is 0.0395. The van der Waals surface area contributed by atoms with Crippen molar-refractivity contribution in [3.63, 3.8) is 0 Å². The molecule has 0 saturated heterocycles. The number of aryl methyl sites for hydroxylation is 1. The van der Waals surface area contributed by atoms with E-state index in [-0.39, 0.29) is 24.1 Å². The zero-order valence-corrected chi connectivity index (χ0v) is 15.8. The van der Waals surface area contributed by atoms with Gasteiger partial charge in [-0.1, -0.05) is 25.1 Å². The molecule has 1 aromatic heterocycles. The summed E-state index contributed by atoms with van der Waals surface area (Å²) < 4.78 is 29.6. The van der Waals surface area contributed by atoms with Crippen LogP contribution in [-0.4, -0.2) is 20.6 Å². The van der Waals surface area contributed by atoms with Crippen LogP contribution >= 0.6 is 0 Å². The molecule has 6 heteroatoms. The quantitative estimate of drug-likeness (QED) is 0.627. The number of hydrogen-bond acceptors (Lipinski definition) is 2. The number of fused-ring (bicyclic) bond motifs is 1. The van der Waals surface area contributed by atoms with Crippen LogP contribution in [-0.2, 0) is 13.1 Å². The van der Waals surface area contributed by atoms with Gasteiger partial charge in [-0.15, -0.1) is 0 Å². The molecule has 1 unspecified atom stereocenters. The van der Waals surface area contributed by atoms with Crippen LogP contribution in [0.15, 0.2) is 48.7 Å². The molecule has 3 aromatic rings. The predicted molar refractivity (Wildman–Crippen MR) is 103 cm³/mol. The van der Waals surface area contributed by atoms with Crippen molar-refractivity contribution >= 4 is 5.91 Å². The van der Waals surface area contributed by atoms with E-state index in [2.05, 4.69) is 5.10 Å². The highest BCUT2D eigenvalue weighted by molar-refractivity contribution is 5.99. The van der Waals surface area contributed by atoms with Crippen molar-refractivity contribution in [3.8, 4) is 11.3 Å². The molecule has 28 heavy (non-hydrogen) atoms. The second-order valence-corrected chi connectivity index (χ2v) is 6.90. The molecule has 144 valence electrons. The van der Waals surface area contributed by atoms with Gasteiger partial charge in [-0.2, -0.15) is 5.10 Å². The Hall–Kier alpha value is -3.02. The van der Waals surface area contributed by atoms with Crippen LogP contribution in [0.2, 0.25) is 0 Å². The highest BCUT2D eigenvalue weighted by atomic mass is 19.2. The van der Waals surface area contributed by atoms with Crippen molar-refractivity contribution in [1.29, 1.82) is 0 Å². The molecule has 0 aliphatic carbocycles. The van der Waals surface area contributed by atoms with Crippen molar-refractivity contribution in [2.75, 3.05) is 0 Å². The number of aromatic nitrogens is 2. The molecule has 2 aromatic carbocycles. The highest BCUT2D eigenvalue weighted by Crippen LogP contribution is 2.39. The molecule has 0 bridgehead atoms. The summed E-state index contributed by atoms with van der Waals surface area (Å²) in [5.74, 6) is -1.94. The predicted octanol–water partition coefficient (Wildman–Crippen LogP) is 4.96. The van der Waals surface area contributed by atoms with Crippen molar-refractivity contribution in [2.45, 2.75) is 39.4 Å². The fourth-order valence-corrected chi connectivity index (χ4v) is 3.96. The summed E-state index contributed by atoms with van der Waals surface area (Å²) in [5.41, 5.74) is 3.70. The lowest BCUT2D eigenvalue weighted by Gasteiger charge is -2.25. The van der Waals surface area contributed by atoms with Crippen molar-refractivity contribution < 1.29 is 13.6 Å². The lowest BCUT2D eigenvalue weighted by atomic mass is 9.98. The van der Waals surface area contributed by atoms with E-state index in [0.717, 1.165) is 29.4 Å². The molecular weight excluding hydrogens is 360 g/mol. The number of hydrogen-bond donors (Lipinski definition) is 0. The molecular formula is C22H21F2N3O. The van der Waals surface area contributed by atoms with E-state index < -0.39 is 11.6 Å². The molecule has 0 N–H and O–H groups in total. The first kappa shape index (κ1) is 18.3. The number of halogens is 2. The fourth-order valence-electron chi connectivity index (χ4n) is 3.96. The average Bonchev–Trinajstić information content (AvgIpc) is 3.28. The fraction of sp³-hybridized carbons (Fsp3) is 0.273. The number of nitrogens with zero attached hydrogens (tertiary/aromatic N) is 3. The molecule has 4 rings (SSSR count). The molecule has 1 atom stereocenters. The molecule has 2 heterocycles. The average molecular weight is 381 g/mol. The van der Waals surface area contributed by atoms with Crippen LogP contribution in [0, 0.1) is 11.6 Å². The third-order valence-electron chi connectivity index (χ3n) is 5.35. The Balaban J connectivity index is 1.72. The Morgan fingerprint density at radius 2 is 1.93 bits per heavy atom. The highest BCUT2D eigenvalue weighted by Gasteiger charge is 2.36. The zero-order valence-electron chi connectivity index (χ0n) is 15.8. The van der Waals surface area contributed by atoms with Gasteiger partial charge in [-0.25, -0.2) is 8.78 Å². The maximum atomic E-state index is 14.2. The van der Waals surface area contributed by atoms with E-state index in [0.29, 0.717) is 12.0 Å². The number of carbonyl (C=O) groups excluding carboxylic acids is 1. The standard InChI is InChI=1S/C22H21F2N3O/c1-3-19-17-12-14(20-10-11-25-27(20)4-2)8-9-16(17)22(28)26(19)13-15-6-5-7-18(23)21(15)24/h5-12,19H,3-4,13H2,1-2H3. The molecule has 0 saturated carbocycles. The first-order valence-corrected chi connectivity index (χ1v) is 9.45. The lowest BCUT2D eigenvalue weighted by Crippen LogP contribution is -2.27. The Bertz CT molecular complexity index is 1040. The second kappa shape index (κ2) is 7.19. The van der Waals surface area contributed by atoms with Gasteiger partial charge in [-0.3, -0.25) is 9.48 Å². The summed E-state index contributed by atoms with van der Waals surface area (Å²) in [6.07, 6.45) is 2.44. The van der Waals surface area contributed by atoms with E-state index in [1.807, 2.05) is 42.8 Å². The maximum absolute atomic E-state index is 14.2. The Kier molecular flexibility index (Phi) is 4.71. The summed E-state index contributed by atoms with van der Waals surface area (Å²) in [5, 5.41) is 4.31. The van der Waals surface area contributed by atoms with Crippen LogP contribution in [0.3, 0.4) is 0 Å². The smallest absolute Gasteiger partial charge is 0.255 e. The van der Waals surface area contributed by atoms with Crippen LogP contribution in [0.1, 0.15) is 47.8 Å². The SMILES string of the molecule is CCC1c2cc(-c3ccnn3CC)ccc2C(=O)N1Cc1cccc(F)c1F.